The van der Waals surface area contributed by atoms with E-state index in [1.54, 1.807) is 0 Å². The highest BCUT2D eigenvalue weighted by atomic mass is 19.3. The van der Waals surface area contributed by atoms with Crippen molar-refractivity contribution in [1.82, 2.24) is 0 Å². The van der Waals surface area contributed by atoms with Gasteiger partial charge in [-0.3, -0.25) is 0 Å². The van der Waals surface area contributed by atoms with Crippen LogP contribution in [0.25, 0.3) is 0 Å². The quantitative estimate of drug-likeness (QED) is 0.616. The van der Waals surface area contributed by atoms with Crippen molar-refractivity contribution in [3.05, 3.63) is 0 Å². The zero-order chi connectivity index (χ0) is 7.65. The summed E-state index contributed by atoms with van der Waals surface area (Å²) in [6.45, 7) is 2.06. The van der Waals surface area contributed by atoms with Crippen molar-refractivity contribution in [1.29, 1.82) is 0 Å². The lowest BCUT2D eigenvalue weighted by Gasteiger charge is -2.21. The molecule has 0 bridgehead atoms. The third-order valence-electron chi connectivity index (χ3n) is 1.06. The van der Waals surface area contributed by atoms with Crippen LogP contribution in [0.3, 0.4) is 0 Å². The van der Waals surface area contributed by atoms with Gasteiger partial charge in [0.2, 0.25) is 0 Å². The summed E-state index contributed by atoms with van der Waals surface area (Å²) in [4.78, 5) is 0. The molecule has 0 aromatic heterocycles. The second-order valence-electron chi connectivity index (χ2n) is 2.42. The maximum Gasteiger partial charge on any atom is 0.256 e. The maximum absolute atomic E-state index is 12.4. The Hall–Kier alpha value is -0.250. The molecule has 1 atom stereocenters. The van der Waals surface area contributed by atoms with E-state index in [2.05, 4.69) is 0 Å². The highest BCUT2D eigenvalue weighted by Crippen LogP contribution is 2.17. The van der Waals surface area contributed by atoms with E-state index in [4.69, 9.17) is 5.73 Å². The Kier molecular flexibility index (Phi) is 2.49. The van der Waals surface area contributed by atoms with Crippen molar-refractivity contribution in [3.8, 4) is 0 Å². The summed E-state index contributed by atoms with van der Waals surface area (Å²) in [5.74, 6) is 0. The van der Waals surface area contributed by atoms with Gasteiger partial charge in [-0.15, -0.1) is 0 Å². The molecule has 0 saturated carbocycles. The van der Waals surface area contributed by atoms with Gasteiger partial charge in [-0.1, -0.05) is 0 Å². The Balaban J connectivity index is 3.88. The van der Waals surface area contributed by atoms with E-state index in [1.165, 1.54) is 0 Å². The van der Waals surface area contributed by atoms with Crippen LogP contribution in [0.2, 0.25) is 0 Å². The smallest absolute Gasteiger partial charge is 0.256 e. The van der Waals surface area contributed by atoms with Gasteiger partial charge in [-0.25, -0.2) is 13.2 Å². The van der Waals surface area contributed by atoms with Crippen molar-refractivity contribution in [3.63, 3.8) is 0 Å². The van der Waals surface area contributed by atoms with E-state index in [0.29, 0.717) is 0 Å². The average molecular weight is 141 g/mol. The molecule has 0 saturated heterocycles. The maximum atomic E-state index is 12.4. The molecule has 0 aliphatic rings. The van der Waals surface area contributed by atoms with Crippen LogP contribution in [0.5, 0.6) is 0 Å². The number of hydrogen-bond donors (Lipinski definition) is 1. The van der Waals surface area contributed by atoms with Crippen LogP contribution in [-0.4, -0.2) is 18.1 Å². The van der Waals surface area contributed by atoms with Crippen LogP contribution in [-0.2, 0) is 0 Å². The predicted octanol–water partition coefficient (Wildman–Crippen LogP) is 1.33. The molecule has 0 heterocycles. The first kappa shape index (κ1) is 8.75. The van der Waals surface area contributed by atoms with Gasteiger partial charge in [-0.2, -0.15) is 0 Å². The van der Waals surface area contributed by atoms with Gasteiger partial charge in [0.15, 0.2) is 0 Å². The van der Waals surface area contributed by atoms with Crippen molar-refractivity contribution in [2.24, 2.45) is 5.73 Å². The molecule has 9 heavy (non-hydrogen) atoms. The number of nitrogens with two attached hydrogens (primary N) is 1. The van der Waals surface area contributed by atoms with Crippen molar-refractivity contribution in [2.45, 2.75) is 32.0 Å². The Morgan fingerprint density at radius 2 is 1.67 bits per heavy atom. The molecule has 56 valence electrons. The normalized spacial score (nSPS) is 16.3. The van der Waals surface area contributed by atoms with Gasteiger partial charge in [0, 0.05) is 0 Å². The zero-order valence-electron chi connectivity index (χ0n) is 5.37. The fourth-order valence-corrected chi connectivity index (χ4v) is 0.300. The van der Waals surface area contributed by atoms with Crippen LogP contribution in [0, 0.1) is 0 Å². The molecule has 0 rings (SSSR count). The third-order valence-corrected chi connectivity index (χ3v) is 1.06. The number of hydrogen-bond acceptors (Lipinski definition) is 1. The highest BCUT2D eigenvalue weighted by molar-refractivity contribution is 4.82. The molecule has 2 N–H and O–H groups in total. The van der Waals surface area contributed by atoms with Crippen molar-refractivity contribution in [2.75, 3.05) is 0 Å². The fraction of sp³-hybridized carbons (Fsp3) is 1.00. The first-order valence-electron chi connectivity index (χ1n) is 2.58. The van der Waals surface area contributed by atoms with Gasteiger partial charge in [0.25, 0.3) is 6.43 Å². The van der Waals surface area contributed by atoms with E-state index in [-0.39, 0.29) is 0 Å². The topological polar surface area (TPSA) is 26.0 Å². The van der Waals surface area contributed by atoms with Gasteiger partial charge in [-0.05, 0) is 13.8 Å². The van der Waals surface area contributed by atoms with Gasteiger partial charge in [0.05, 0.1) is 6.04 Å². The van der Waals surface area contributed by atoms with E-state index in [0.717, 1.165) is 13.8 Å². The van der Waals surface area contributed by atoms with Gasteiger partial charge in [0.1, 0.15) is 5.67 Å². The minimum atomic E-state index is -2.79. The van der Waals surface area contributed by atoms with E-state index in [9.17, 15) is 13.2 Å². The minimum absolute atomic E-state index is 1.03. The fourth-order valence-electron chi connectivity index (χ4n) is 0.300. The lowest BCUT2D eigenvalue weighted by atomic mass is 10.0. The van der Waals surface area contributed by atoms with Crippen LogP contribution in [0.15, 0.2) is 0 Å². The third kappa shape index (κ3) is 2.70. The van der Waals surface area contributed by atoms with Gasteiger partial charge < -0.3 is 5.73 Å². The minimum Gasteiger partial charge on any atom is -0.320 e. The largest absolute Gasteiger partial charge is 0.320 e. The van der Waals surface area contributed by atoms with Crippen LogP contribution in [0.4, 0.5) is 13.2 Å². The Labute approximate surface area is 52.0 Å². The molecule has 0 amide bonds. The summed E-state index contributed by atoms with van der Waals surface area (Å²) in [5, 5.41) is 0. The molecule has 0 aromatic carbocycles. The molecule has 0 spiro atoms. The summed E-state index contributed by atoms with van der Waals surface area (Å²) in [7, 11) is 0. The Bertz CT molecular complexity index is 86.7. The number of rotatable bonds is 2. The Morgan fingerprint density at radius 1 is 1.33 bits per heavy atom. The summed E-state index contributed by atoms with van der Waals surface area (Å²) in [5.41, 5.74) is 2.78. The molecule has 0 aromatic rings. The van der Waals surface area contributed by atoms with E-state index >= 15 is 0 Å². The van der Waals surface area contributed by atoms with E-state index in [1.807, 2.05) is 0 Å². The second kappa shape index (κ2) is 2.56. The van der Waals surface area contributed by atoms with Gasteiger partial charge >= 0.3 is 0 Å². The molecule has 0 aliphatic carbocycles. The molecule has 0 fully saturated rings. The summed E-state index contributed by atoms with van der Waals surface area (Å²) in [6, 6.07) is -1.68. The number of halogens is 3. The van der Waals surface area contributed by atoms with Crippen LogP contribution >= 0.6 is 0 Å². The Morgan fingerprint density at radius 3 is 1.67 bits per heavy atom. The average Bonchev–Trinajstić information content (AvgIpc) is 1.62. The lowest BCUT2D eigenvalue weighted by Crippen LogP contribution is -2.45. The van der Waals surface area contributed by atoms with Crippen LogP contribution in [0.1, 0.15) is 13.8 Å². The number of alkyl halides is 3. The highest BCUT2D eigenvalue weighted by Gasteiger charge is 2.32. The monoisotopic (exact) mass is 141 g/mol. The first-order chi connectivity index (χ1) is 3.85. The first-order valence-corrected chi connectivity index (χ1v) is 2.58. The molecular formula is C5H10F3N. The molecular weight excluding hydrogens is 131 g/mol. The molecule has 4 heteroatoms. The summed E-state index contributed by atoms with van der Waals surface area (Å²) in [6.07, 6.45) is -2.79. The molecule has 0 aliphatic heterocycles. The summed E-state index contributed by atoms with van der Waals surface area (Å²) < 4.78 is 35.5. The second-order valence-corrected chi connectivity index (χ2v) is 2.42. The van der Waals surface area contributed by atoms with E-state index < -0.39 is 18.1 Å². The lowest BCUT2D eigenvalue weighted by molar-refractivity contribution is 0.0362. The molecule has 1 unspecified atom stereocenters. The van der Waals surface area contributed by atoms with Crippen molar-refractivity contribution >= 4 is 0 Å². The van der Waals surface area contributed by atoms with Crippen molar-refractivity contribution < 1.29 is 13.2 Å². The summed E-state index contributed by atoms with van der Waals surface area (Å²) >= 11 is 0. The molecule has 0 radical (unpaired) electrons. The molecule has 1 nitrogen and oxygen atoms in total. The zero-order valence-corrected chi connectivity index (χ0v) is 5.37. The standard InChI is InChI=1S/C5H10F3N/c1-5(2,8)3(9)4(6)7/h3-4H,9H2,1-2H3. The SMILES string of the molecule is CC(C)(F)C(N)C(F)F. The predicted molar refractivity (Wildman–Crippen MR) is 29.2 cm³/mol. The van der Waals surface area contributed by atoms with Crippen LogP contribution < -0.4 is 5.73 Å².